The van der Waals surface area contributed by atoms with E-state index in [0.29, 0.717) is 6.42 Å². The second-order valence-electron chi connectivity index (χ2n) is 5.46. The Balaban J connectivity index is 1.76. The van der Waals surface area contributed by atoms with Crippen LogP contribution in [0.15, 0.2) is 65.5 Å². The van der Waals surface area contributed by atoms with Gasteiger partial charge in [0, 0.05) is 34.3 Å². The van der Waals surface area contributed by atoms with Crippen LogP contribution in [0.3, 0.4) is 0 Å². The minimum atomic E-state index is 0.0979. The number of rotatable bonds is 5. The Kier molecular flexibility index (Phi) is 3.85. The van der Waals surface area contributed by atoms with Crippen LogP contribution in [0.4, 0.5) is 0 Å². The molecule has 0 amide bonds. The van der Waals surface area contributed by atoms with Gasteiger partial charge in [0.1, 0.15) is 0 Å². The monoisotopic (exact) mass is 337 g/mol. The number of para-hydroxylation sites is 1. The molecule has 0 aliphatic heterocycles. The summed E-state index contributed by atoms with van der Waals surface area (Å²) >= 11 is 3.23. The number of carbonyl (C=O) groups is 1. The summed E-state index contributed by atoms with van der Waals surface area (Å²) in [6.45, 7) is 0. The Morgan fingerprint density at radius 2 is 1.83 bits per heavy atom. The van der Waals surface area contributed by atoms with E-state index < -0.39 is 0 Å². The minimum Gasteiger partial charge on any atom is -0.361 e. The van der Waals surface area contributed by atoms with Crippen molar-refractivity contribution in [2.75, 3.05) is 0 Å². The Morgan fingerprint density at radius 1 is 1.00 bits per heavy atom. The van der Waals surface area contributed by atoms with Gasteiger partial charge in [0.05, 0.1) is 4.88 Å². The van der Waals surface area contributed by atoms with Gasteiger partial charge in [0.2, 0.25) is 0 Å². The van der Waals surface area contributed by atoms with Crippen LogP contribution in [0.2, 0.25) is 0 Å². The molecule has 2 nitrogen and oxygen atoms in total. The van der Waals surface area contributed by atoms with Gasteiger partial charge in [-0.25, -0.2) is 0 Å². The highest BCUT2D eigenvalue weighted by molar-refractivity contribution is 7.12. The number of benzene rings is 1. The number of aromatic amines is 1. The Bertz CT molecular complexity index is 920. The molecule has 1 unspecified atom stereocenters. The molecule has 4 aromatic rings. The molecule has 4 rings (SSSR count). The Hall–Kier alpha value is -2.17. The number of hydrogen-bond donors (Lipinski definition) is 1. The van der Waals surface area contributed by atoms with E-state index in [4.69, 9.17) is 0 Å². The van der Waals surface area contributed by atoms with Crippen molar-refractivity contribution >= 4 is 39.4 Å². The van der Waals surface area contributed by atoms with Gasteiger partial charge in [-0.05, 0) is 34.5 Å². The fourth-order valence-electron chi connectivity index (χ4n) is 2.96. The molecule has 0 aliphatic carbocycles. The zero-order valence-electron chi connectivity index (χ0n) is 12.4. The van der Waals surface area contributed by atoms with Crippen molar-refractivity contribution in [1.29, 1.82) is 0 Å². The second kappa shape index (κ2) is 6.14. The van der Waals surface area contributed by atoms with Gasteiger partial charge in [-0.15, -0.1) is 22.7 Å². The fourth-order valence-corrected chi connectivity index (χ4v) is 4.48. The average Bonchev–Trinajstić information content (AvgIpc) is 3.33. The summed E-state index contributed by atoms with van der Waals surface area (Å²) in [4.78, 5) is 18.1. The summed E-state index contributed by atoms with van der Waals surface area (Å²) < 4.78 is 0. The summed E-state index contributed by atoms with van der Waals surface area (Å²) in [6.07, 6.45) is 2.56. The van der Waals surface area contributed by atoms with Crippen LogP contribution in [0.5, 0.6) is 0 Å². The molecule has 0 bridgehead atoms. The maximum absolute atomic E-state index is 12.6. The second-order valence-corrected chi connectivity index (χ2v) is 7.39. The summed E-state index contributed by atoms with van der Waals surface area (Å²) in [6, 6.07) is 16.3. The Labute approximate surface area is 142 Å². The first-order chi connectivity index (χ1) is 11.3. The van der Waals surface area contributed by atoms with Crippen LogP contribution < -0.4 is 0 Å². The zero-order chi connectivity index (χ0) is 15.6. The number of H-pyrrole nitrogens is 1. The number of nitrogens with one attached hydrogen (secondary N) is 1. The molecule has 3 heterocycles. The number of thiophene rings is 2. The molecule has 1 aromatic carbocycles. The fraction of sp³-hybridized carbons (Fsp3) is 0.105. The molecule has 114 valence electrons. The van der Waals surface area contributed by atoms with E-state index in [-0.39, 0.29) is 11.7 Å². The minimum absolute atomic E-state index is 0.0979. The van der Waals surface area contributed by atoms with Gasteiger partial charge >= 0.3 is 0 Å². The number of ketones is 1. The zero-order valence-corrected chi connectivity index (χ0v) is 14.0. The first-order valence-electron chi connectivity index (χ1n) is 7.49. The molecule has 1 atom stereocenters. The van der Waals surface area contributed by atoms with Crippen LogP contribution >= 0.6 is 22.7 Å². The van der Waals surface area contributed by atoms with Crippen molar-refractivity contribution in [3.05, 3.63) is 80.8 Å². The van der Waals surface area contributed by atoms with Gasteiger partial charge in [0.15, 0.2) is 5.78 Å². The van der Waals surface area contributed by atoms with Crippen molar-refractivity contribution in [1.82, 2.24) is 4.98 Å². The molecule has 4 heteroatoms. The third-order valence-electron chi connectivity index (χ3n) is 4.07. The number of hydrogen-bond acceptors (Lipinski definition) is 3. The Morgan fingerprint density at radius 3 is 2.61 bits per heavy atom. The largest absolute Gasteiger partial charge is 0.361 e. The van der Waals surface area contributed by atoms with Crippen molar-refractivity contribution in [3.8, 4) is 0 Å². The summed E-state index contributed by atoms with van der Waals surface area (Å²) in [5.41, 5.74) is 2.32. The van der Waals surface area contributed by atoms with Crippen molar-refractivity contribution in [2.45, 2.75) is 12.3 Å². The molecule has 0 fully saturated rings. The number of aromatic nitrogens is 1. The van der Waals surface area contributed by atoms with Crippen molar-refractivity contribution < 1.29 is 4.79 Å². The molecule has 3 aromatic heterocycles. The molecule has 0 saturated carbocycles. The van der Waals surface area contributed by atoms with E-state index in [2.05, 4.69) is 40.8 Å². The van der Waals surface area contributed by atoms with Crippen LogP contribution in [-0.2, 0) is 0 Å². The van der Waals surface area contributed by atoms with Crippen molar-refractivity contribution in [3.63, 3.8) is 0 Å². The molecular formula is C19H15NOS2. The summed E-state index contributed by atoms with van der Waals surface area (Å²) in [5.74, 6) is 0.310. The van der Waals surface area contributed by atoms with Crippen LogP contribution in [0, 0.1) is 0 Å². The third kappa shape index (κ3) is 2.76. The van der Waals surface area contributed by atoms with E-state index in [1.54, 1.807) is 11.3 Å². The highest BCUT2D eigenvalue weighted by Gasteiger charge is 2.23. The van der Waals surface area contributed by atoms with Gasteiger partial charge in [-0.3, -0.25) is 4.79 Å². The molecule has 0 radical (unpaired) electrons. The van der Waals surface area contributed by atoms with Crippen LogP contribution in [-0.4, -0.2) is 10.8 Å². The third-order valence-corrected chi connectivity index (χ3v) is 5.97. The first kappa shape index (κ1) is 14.4. The van der Waals surface area contributed by atoms with E-state index in [9.17, 15) is 4.79 Å². The summed E-state index contributed by atoms with van der Waals surface area (Å²) in [7, 11) is 0. The van der Waals surface area contributed by atoms with E-state index >= 15 is 0 Å². The van der Waals surface area contributed by atoms with E-state index in [1.807, 2.05) is 29.6 Å². The molecule has 0 saturated heterocycles. The van der Waals surface area contributed by atoms with E-state index in [1.165, 1.54) is 27.2 Å². The number of fused-ring (bicyclic) bond motifs is 1. The number of carbonyl (C=O) groups excluding carboxylic acids is 1. The molecular weight excluding hydrogens is 322 g/mol. The quantitative estimate of drug-likeness (QED) is 0.466. The van der Waals surface area contributed by atoms with Crippen molar-refractivity contribution in [2.24, 2.45) is 0 Å². The lowest BCUT2D eigenvalue weighted by molar-refractivity contribution is 0.0982. The lowest BCUT2D eigenvalue weighted by Gasteiger charge is -2.14. The average molecular weight is 337 g/mol. The van der Waals surface area contributed by atoms with Gasteiger partial charge < -0.3 is 4.98 Å². The lowest BCUT2D eigenvalue weighted by atomic mass is 9.91. The van der Waals surface area contributed by atoms with Gasteiger partial charge in [0.25, 0.3) is 0 Å². The smallest absolute Gasteiger partial charge is 0.173 e. The highest BCUT2D eigenvalue weighted by atomic mass is 32.1. The van der Waals surface area contributed by atoms with Crippen LogP contribution in [0.1, 0.15) is 32.5 Å². The standard InChI is InChI=1S/C19H15NOS2/c21-17(19-8-4-10-23-19)11-14(18-7-3-9-22-18)15-12-20-16-6-2-1-5-13(15)16/h1-10,12,14,20H,11H2. The molecule has 23 heavy (non-hydrogen) atoms. The first-order valence-corrected chi connectivity index (χ1v) is 9.25. The van der Waals surface area contributed by atoms with Gasteiger partial charge in [-0.2, -0.15) is 0 Å². The molecule has 0 aliphatic rings. The lowest BCUT2D eigenvalue weighted by Crippen LogP contribution is -2.06. The molecule has 1 N–H and O–H groups in total. The predicted octanol–water partition coefficient (Wildman–Crippen LogP) is 5.70. The normalized spacial score (nSPS) is 12.5. The highest BCUT2D eigenvalue weighted by Crippen LogP contribution is 2.36. The topological polar surface area (TPSA) is 32.9 Å². The van der Waals surface area contributed by atoms with E-state index in [0.717, 1.165) is 10.4 Å². The maximum Gasteiger partial charge on any atom is 0.173 e. The molecule has 0 spiro atoms. The number of Topliss-reactive ketones (excluding diaryl/α,β-unsaturated/α-hetero) is 1. The summed E-state index contributed by atoms with van der Waals surface area (Å²) in [5, 5.41) is 5.23. The SMILES string of the molecule is O=C(CC(c1cccs1)c1c[nH]c2ccccc12)c1cccs1. The van der Waals surface area contributed by atoms with Crippen LogP contribution in [0.25, 0.3) is 10.9 Å². The maximum atomic E-state index is 12.6. The predicted molar refractivity (Wildman–Crippen MR) is 97.7 cm³/mol. The van der Waals surface area contributed by atoms with Gasteiger partial charge in [-0.1, -0.05) is 30.3 Å².